The summed E-state index contributed by atoms with van der Waals surface area (Å²) in [5.41, 5.74) is 7.95. The van der Waals surface area contributed by atoms with Crippen molar-refractivity contribution in [3.8, 4) is 6.07 Å². The molecule has 0 saturated carbocycles. The predicted molar refractivity (Wildman–Crippen MR) is 133 cm³/mol. The number of hydrogen-bond acceptors (Lipinski definition) is 7. The monoisotopic (exact) mass is 488 g/mol. The minimum atomic E-state index is -0.531. The van der Waals surface area contributed by atoms with Crippen LogP contribution in [0.25, 0.3) is 11.0 Å². The van der Waals surface area contributed by atoms with Gasteiger partial charge >= 0.3 is 11.9 Å². The number of carbonyl (C=O) groups excluding carboxylic acids is 2. The van der Waals surface area contributed by atoms with Gasteiger partial charge in [-0.3, -0.25) is 4.79 Å². The predicted octanol–water partition coefficient (Wildman–Crippen LogP) is 2.82. The number of likely N-dealkylation sites (tertiary alicyclic amines) is 1. The van der Waals surface area contributed by atoms with Crippen LogP contribution in [0.15, 0.2) is 42.9 Å². The van der Waals surface area contributed by atoms with E-state index >= 15 is 0 Å². The maximum Gasteiger partial charge on any atom is 0.420 e. The quantitative estimate of drug-likeness (QED) is 0.417. The minimum Gasteiger partial charge on any atom is -0.444 e. The molecule has 10 heteroatoms. The Morgan fingerprint density at radius 1 is 1.25 bits per heavy atom. The molecule has 1 unspecified atom stereocenters. The highest BCUT2D eigenvalue weighted by molar-refractivity contribution is 5.91. The Labute approximate surface area is 209 Å². The number of nitrogens with two attached hydrogens (primary N) is 1. The molecule has 1 aliphatic heterocycles. The van der Waals surface area contributed by atoms with Gasteiger partial charge in [0.15, 0.2) is 5.65 Å². The SMILES string of the molecule is C[C@@H]1CCN(C(=O)CC#N)CC1/C=[N+](/C)c1ncnc2c1ccn2C(=O)OCc1ccc(CN)cc1. The minimum absolute atomic E-state index is 0.105. The summed E-state index contributed by atoms with van der Waals surface area (Å²) in [7, 11) is 1.89. The van der Waals surface area contributed by atoms with Gasteiger partial charge in [0.25, 0.3) is 0 Å². The molecule has 0 bridgehead atoms. The van der Waals surface area contributed by atoms with Crippen LogP contribution in [0.5, 0.6) is 0 Å². The van der Waals surface area contributed by atoms with E-state index in [1.807, 2.05) is 42.0 Å². The number of fused-ring (bicyclic) bond motifs is 1. The van der Waals surface area contributed by atoms with Crippen molar-refractivity contribution in [2.75, 3.05) is 20.1 Å². The van der Waals surface area contributed by atoms with Gasteiger partial charge in [0.05, 0.1) is 19.3 Å². The molecule has 1 fully saturated rings. The summed E-state index contributed by atoms with van der Waals surface area (Å²) >= 11 is 0. The lowest BCUT2D eigenvalue weighted by molar-refractivity contribution is -0.405. The van der Waals surface area contributed by atoms with E-state index in [9.17, 15) is 9.59 Å². The maximum atomic E-state index is 12.8. The Hall–Kier alpha value is -4.10. The van der Waals surface area contributed by atoms with Gasteiger partial charge in [-0.1, -0.05) is 31.2 Å². The van der Waals surface area contributed by atoms with Crippen molar-refractivity contribution >= 4 is 35.1 Å². The number of hydrogen-bond donors (Lipinski definition) is 1. The fraction of sp³-hybridized carbons (Fsp3) is 0.385. The van der Waals surface area contributed by atoms with E-state index in [1.165, 1.54) is 10.9 Å². The summed E-state index contributed by atoms with van der Waals surface area (Å²) in [5, 5.41) is 9.57. The van der Waals surface area contributed by atoms with E-state index in [1.54, 1.807) is 17.2 Å². The topological polar surface area (TPSA) is 130 Å². The first-order valence-corrected chi connectivity index (χ1v) is 11.9. The van der Waals surface area contributed by atoms with Crippen molar-refractivity contribution in [2.24, 2.45) is 17.6 Å². The lowest BCUT2D eigenvalue weighted by Gasteiger charge is -2.34. The summed E-state index contributed by atoms with van der Waals surface area (Å²) < 4.78 is 8.78. The molecular weight excluding hydrogens is 458 g/mol. The zero-order valence-corrected chi connectivity index (χ0v) is 20.5. The standard InChI is InChI=1S/C26H30N7O3/c1-18-8-11-32(23(34)7-10-27)15-21(18)14-31(2)24-22-9-12-33(25(22)30-17-29-24)26(35)36-16-20-5-3-19(13-28)4-6-20/h3-6,9,12,14,17-18,21H,7-8,11,13,15-16,28H2,1-2H3/q+1/b31-14-/t18-,21?/m1/s1. The van der Waals surface area contributed by atoms with Crippen LogP contribution in [0.1, 0.15) is 30.9 Å². The van der Waals surface area contributed by atoms with Gasteiger partial charge in [0.1, 0.15) is 18.4 Å². The van der Waals surface area contributed by atoms with E-state index < -0.39 is 6.09 Å². The molecule has 0 radical (unpaired) electrons. The molecule has 0 aliphatic carbocycles. The number of ether oxygens (including phenoxy) is 1. The van der Waals surface area contributed by atoms with Crippen LogP contribution in [0.2, 0.25) is 0 Å². The molecule has 3 aromatic rings. The molecule has 2 N–H and O–H groups in total. The van der Waals surface area contributed by atoms with Gasteiger partial charge < -0.3 is 15.4 Å². The average molecular weight is 489 g/mol. The highest BCUT2D eigenvalue weighted by Crippen LogP contribution is 2.25. The zero-order chi connectivity index (χ0) is 25.7. The molecule has 186 valence electrons. The number of nitrogens with zero attached hydrogens (tertiary/aromatic N) is 6. The molecule has 2 atom stereocenters. The molecule has 10 nitrogen and oxygen atoms in total. The van der Waals surface area contributed by atoms with Crippen molar-refractivity contribution in [1.29, 1.82) is 5.26 Å². The Morgan fingerprint density at radius 2 is 2.00 bits per heavy atom. The third-order valence-electron chi connectivity index (χ3n) is 6.63. The number of piperidine rings is 1. The summed E-state index contributed by atoms with van der Waals surface area (Å²) in [5.74, 6) is 0.987. The van der Waals surface area contributed by atoms with E-state index in [-0.39, 0.29) is 24.9 Å². The van der Waals surface area contributed by atoms with Gasteiger partial charge in [-0.25, -0.2) is 13.9 Å². The third kappa shape index (κ3) is 5.42. The summed E-state index contributed by atoms with van der Waals surface area (Å²) in [6, 6.07) is 11.3. The second-order valence-electron chi connectivity index (χ2n) is 9.06. The van der Waals surface area contributed by atoms with Crippen LogP contribution in [-0.2, 0) is 22.7 Å². The number of carbonyl (C=O) groups is 2. The van der Waals surface area contributed by atoms with E-state index in [0.717, 1.165) is 17.5 Å². The van der Waals surface area contributed by atoms with Crippen LogP contribution >= 0.6 is 0 Å². The lowest BCUT2D eigenvalue weighted by atomic mass is 9.87. The van der Waals surface area contributed by atoms with Gasteiger partial charge in [0.2, 0.25) is 12.2 Å². The van der Waals surface area contributed by atoms with Gasteiger partial charge in [-0.05, 0) is 34.5 Å². The third-order valence-corrected chi connectivity index (χ3v) is 6.63. The summed E-state index contributed by atoms with van der Waals surface area (Å²) in [6.45, 7) is 3.97. The van der Waals surface area contributed by atoms with Crippen LogP contribution in [0, 0.1) is 23.2 Å². The van der Waals surface area contributed by atoms with E-state index in [0.29, 0.717) is 42.4 Å². The Bertz CT molecular complexity index is 1320. The molecule has 3 heterocycles. The lowest BCUT2D eigenvalue weighted by Crippen LogP contribution is -2.44. The summed E-state index contributed by atoms with van der Waals surface area (Å²) in [6.07, 6.45) is 5.33. The van der Waals surface area contributed by atoms with Crippen molar-refractivity contribution in [3.63, 3.8) is 0 Å². The first kappa shape index (κ1) is 25.0. The normalized spacial score (nSPS) is 18.2. The largest absolute Gasteiger partial charge is 0.444 e. The maximum absolute atomic E-state index is 12.8. The van der Waals surface area contributed by atoms with Crippen LogP contribution in [0.4, 0.5) is 10.6 Å². The average Bonchev–Trinajstić information content (AvgIpc) is 3.33. The second kappa shape index (κ2) is 11.1. The first-order valence-electron chi connectivity index (χ1n) is 11.9. The Balaban J connectivity index is 1.51. The molecular formula is C26H30N7O3+. The van der Waals surface area contributed by atoms with Crippen LogP contribution in [0.3, 0.4) is 0 Å². The molecule has 2 aromatic heterocycles. The number of aromatic nitrogens is 3. The molecule has 1 aliphatic rings. The van der Waals surface area contributed by atoms with Gasteiger partial charge in [-0.15, -0.1) is 0 Å². The van der Waals surface area contributed by atoms with Gasteiger partial charge in [-0.2, -0.15) is 10.2 Å². The number of amides is 1. The number of nitriles is 1. The number of benzene rings is 1. The molecule has 1 aromatic carbocycles. The van der Waals surface area contributed by atoms with Crippen molar-refractivity contribution < 1.29 is 18.9 Å². The Kier molecular flexibility index (Phi) is 7.71. The van der Waals surface area contributed by atoms with Gasteiger partial charge in [0, 0.05) is 31.7 Å². The van der Waals surface area contributed by atoms with Crippen molar-refractivity contribution in [1.82, 2.24) is 19.4 Å². The Morgan fingerprint density at radius 3 is 2.72 bits per heavy atom. The smallest absolute Gasteiger partial charge is 0.420 e. The van der Waals surface area contributed by atoms with E-state index in [2.05, 4.69) is 23.1 Å². The second-order valence-corrected chi connectivity index (χ2v) is 9.06. The van der Waals surface area contributed by atoms with E-state index in [4.69, 9.17) is 15.7 Å². The van der Waals surface area contributed by atoms with Crippen LogP contribution < -0.4 is 5.73 Å². The highest BCUT2D eigenvalue weighted by atomic mass is 16.5. The zero-order valence-electron chi connectivity index (χ0n) is 20.5. The van der Waals surface area contributed by atoms with Crippen LogP contribution in [-0.4, -0.2) is 62.4 Å². The van der Waals surface area contributed by atoms with Crippen molar-refractivity contribution in [3.05, 3.63) is 54.0 Å². The summed E-state index contributed by atoms with van der Waals surface area (Å²) in [4.78, 5) is 35.5. The number of rotatable bonds is 6. The van der Waals surface area contributed by atoms with Crippen molar-refractivity contribution in [2.45, 2.75) is 32.9 Å². The molecule has 36 heavy (non-hydrogen) atoms. The molecule has 0 spiro atoms. The molecule has 4 rings (SSSR count). The molecule has 1 saturated heterocycles. The molecule has 1 amide bonds. The highest BCUT2D eigenvalue weighted by Gasteiger charge is 2.30. The fourth-order valence-electron chi connectivity index (χ4n) is 4.41. The first-order chi connectivity index (χ1) is 17.4. The fourth-order valence-corrected chi connectivity index (χ4v) is 4.41.